The number of carbonyl (C=O) groups excluding carboxylic acids is 2. The van der Waals surface area contributed by atoms with Gasteiger partial charge in [-0.2, -0.15) is 0 Å². The number of carbonyl (C=O) groups is 2. The van der Waals surface area contributed by atoms with E-state index in [1.54, 1.807) is 28.9 Å². The van der Waals surface area contributed by atoms with Gasteiger partial charge < -0.3 is 5.32 Å². The van der Waals surface area contributed by atoms with Gasteiger partial charge in [-0.3, -0.25) is 9.59 Å². The van der Waals surface area contributed by atoms with Crippen molar-refractivity contribution >= 4 is 11.6 Å². The molecule has 6 heteroatoms. The molecule has 4 rings (SSSR count). The average Bonchev–Trinajstić information content (AvgIpc) is 3.13. The number of aromatic nitrogens is 3. The summed E-state index contributed by atoms with van der Waals surface area (Å²) in [5.74, 6) is -0.354. The number of hydrogen-bond acceptors (Lipinski definition) is 5. The fourth-order valence-electron chi connectivity index (χ4n) is 3.01. The van der Waals surface area contributed by atoms with Crippen LogP contribution in [-0.4, -0.2) is 26.6 Å². The Morgan fingerprint density at radius 2 is 1.74 bits per heavy atom. The monoisotopic (exact) mass is 358 g/mol. The lowest BCUT2D eigenvalue weighted by atomic mass is 9.93. The zero-order chi connectivity index (χ0) is 18.8. The SMILES string of the molecule is Cc1ccc(Cn2cc(CNC3=CC(=O)c4ccccc4C3=O)nn2)cc1. The highest BCUT2D eigenvalue weighted by molar-refractivity contribution is 6.24. The van der Waals surface area contributed by atoms with Crippen molar-refractivity contribution in [3.63, 3.8) is 0 Å². The molecule has 0 saturated carbocycles. The molecule has 0 fully saturated rings. The number of ketones is 2. The number of allylic oxidation sites excluding steroid dienone is 2. The Kier molecular flexibility index (Phi) is 4.38. The molecule has 0 saturated heterocycles. The minimum atomic E-state index is -0.183. The second-order valence-electron chi connectivity index (χ2n) is 6.54. The molecule has 1 aliphatic rings. The molecule has 134 valence electrons. The van der Waals surface area contributed by atoms with E-state index >= 15 is 0 Å². The fourth-order valence-corrected chi connectivity index (χ4v) is 3.01. The maximum Gasteiger partial charge on any atom is 0.209 e. The highest BCUT2D eigenvalue weighted by Gasteiger charge is 2.24. The molecule has 0 atom stereocenters. The minimum absolute atomic E-state index is 0.171. The molecule has 1 aromatic heterocycles. The maximum absolute atomic E-state index is 12.5. The normalized spacial score (nSPS) is 13.3. The van der Waals surface area contributed by atoms with Crippen LogP contribution >= 0.6 is 0 Å². The van der Waals surface area contributed by atoms with Gasteiger partial charge >= 0.3 is 0 Å². The first kappa shape index (κ1) is 16.9. The van der Waals surface area contributed by atoms with Gasteiger partial charge in [0, 0.05) is 17.2 Å². The van der Waals surface area contributed by atoms with Crippen molar-refractivity contribution in [2.75, 3.05) is 0 Å². The van der Waals surface area contributed by atoms with Crippen molar-refractivity contribution in [1.29, 1.82) is 0 Å². The molecule has 27 heavy (non-hydrogen) atoms. The third kappa shape index (κ3) is 3.55. The lowest BCUT2D eigenvalue weighted by Gasteiger charge is -2.15. The van der Waals surface area contributed by atoms with Crippen LogP contribution in [0, 0.1) is 6.92 Å². The van der Waals surface area contributed by atoms with Crippen molar-refractivity contribution in [1.82, 2.24) is 20.3 Å². The van der Waals surface area contributed by atoms with E-state index < -0.39 is 0 Å². The van der Waals surface area contributed by atoms with Crippen LogP contribution in [0.4, 0.5) is 0 Å². The topological polar surface area (TPSA) is 76.9 Å². The Morgan fingerprint density at radius 1 is 1.00 bits per heavy atom. The first-order valence-corrected chi connectivity index (χ1v) is 8.68. The van der Waals surface area contributed by atoms with E-state index in [0.29, 0.717) is 29.9 Å². The molecule has 0 spiro atoms. The van der Waals surface area contributed by atoms with E-state index in [2.05, 4.69) is 39.9 Å². The maximum atomic E-state index is 12.5. The minimum Gasteiger partial charge on any atom is -0.376 e. The Bertz CT molecular complexity index is 1050. The van der Waals surface area contributed by atoms with Gasteiger partial charge in [0.2, 0.25) is 5.78 Å². The van der Waals surface area contributed by atoms with E-state index in [9.17, 15) is 9.59 Å². The van der Waals surface area contributed by atoms with Gasteiger partial charge in [-0.15, -0.1) is 5.10 Å². The summed E-state index contributed by atoms with van der Waals surface area (Å²) in [6.07, 6.45) is 3.18. The summed E-state index contributed by atoms with van der Waals surface area (Å²) in [6.45, 7) is 3.00. The summed E-state index contributed by atoms with van der Waals surface area (Å²) in [7, 11) is 0. The molecule has 3 aromatic rings. The van der Waals surface area contributed by atoms with Crippen LogP contribution in [0.2, 0.25) is 0 Å². The van der Waals surface area contributed by atoms with E-state index in [1.165, 1.54) is 11.6 Å². The summed E-state index contributed by atoms with van der Waals surface area (Å²) in [5, 5.41) is 11.3. The quantitative estimate of drug-likeness (QED) is 0.759. The molecule has 1 heterocycles. The lowest BCUT2D eigenvalue weighted by Crippen LogP contribution is -2.26. The molecule has 1 aliphatic carbocycles. The van der Waals surface area contributed by atoms with Crippen LogP contribution in [0.25, 0.3) is 0 Å². The second kappa shape index (κ2) is 6.99. The Hall–Kier alpha value is -3.54. The Labute approximate surface area is 156 Å². The highest BCUT2D eigenvalue weighted by atomic mass is 16.1. The van der Waals surface area contributed by atoms with Gasteiger partial charge in [-0.1, -0.05) is 59.3 Å². The lowest BCUT2D eigenvalue weighted by molar-refractivity contribution is 0.0978. The van der Waals surface area contributed by atoms with E-state index in [1.807, 2.05) is 13.1 Å². The molecule has 1 N–H and O–H groups in total. The molecule has 0 bridgehead atoms. The summed E-state index contributed by atoms with van der Waals surface area (Å²) in [6, 6.07) is 15.1. The van der Waals surface area contributed by atoms with Crippen molar-refractivity contribution < 1.29 is 9.59 Å². The molecular formula is C21H18N4O2. The predicted molar refractivity (Wildman–Crippen MR) is 100 cm³/mol. The number of nitrogens with zero attached hydrogens (tertiary/aromatic N) is 3. The van der Waals surface area contributed by atoms with Crippen LogP contribution < -0.4 is 5.32 Å². The van der Waals surface area contributed by atoms with Crippen molar-refractivity contribution in [2.45, 2.75) is 20.0 Å². The van der Waals surface area contributed by atoms with Crippen LogP contribution in [-0.2, 0) is 13.1 Å². The number of hydrogen-bond donors (Lipinski definition) is 1. The van der Waals surface area contributed by atoms with Gasteiger partial charge in [0.05, 0.1) is 25.0 Å². The van der Waals surface area contributed by atoms with Crippen molar-refractivity contribution in [3.8, 4) is 0 Å². The van der Waals surface area contributed by atoms with Gasteiger partial charge in [0.1, 0.15) is 5.69 Å². The third-order valence-corrected chi connectivity index (χ3v) is 4.47. The standard InChI is InChI=1S/C21H18N4O2/c1-14-6-8-15(9-7-14)12-25-13-16(23-24-25)11-22-19-10-20(26)17-4-2-3-5-18(17)21(19)27/h2-10,13,22H,11-12H2,1H3. The van der Waals surface area contributed by atoms with Gasteiger partial charge in [0.15, 0.2) is 5.78 Å². The average molecular weight is 358 g/mol. The van der Waals surface area contributed by atoms with Crippen LogP contribution in [0.5, 0.6) is 0 Å². The number of rotatable bonds is 5. The molecule has 0 unspecified atom stereocenters. The first-order chi connectivity index (χ1) is 13.1. The van der Waals surface area contributed by atoms with Crippen molar-refractivity contribution in [3.05, 3.63) is 94.4 Å². The molecule has 6 nitrogen and oxygen atoms in total. The zero-order valence-corrected chi connectivity index (χ0v) is 14.8. The summed E-state index contributed by atoms with van der Waals surface area (Å²) >= 11 is 0. The summed E-state index contributed by atoms with van der Waals surface area (Å²) < 4.78 is 1.75. The molecular weight excluding hydrogens is 340 g/mol. The molecule has 0 amide bonds. The molecule has 0 radical (unpaired) electrons. The van der Waals surface area contributed by atoms with Crippen LogP contribution in [0.3, 0.4) is 0 Å². The number of benzene rings is 2. The summed E-state index contributed by atoms with van der Waals surface area (Å²) in [5.41, 5.74) is 4.20. The Balaban J connectivity index is 1.42. The number of aryl methyl sites for hydroxylation is 1. The van der Waals surface area contributed by atoms with E-state index in [-0.39, 0.29) is 17.3 Å². The van der Waals surface area contributed by atoms with Gasteiger partial charge in [-0.05, 0) is 12.5 Å². The van der Waals surface area contributed by atoms with Crippen LogP contribution in [0.1, 0.15) is 37.5 Å². The van der Waals surface area contributed by atoms with Gasteiger partial charge in [-0.25, -0.2) is 4.68 Å². The van der Waals surface area contributed by atoms with Gasteiger partial charge in [0.25, 0.3) is 0 Å². The van der Waals surface area contributed by atoms with Crippen molar-refractivity contribution in [2.24, 2.45) is 0 Å². The van der Waals surface area contributed by atoms with Crippen LogP contribution in [0.15, 0.2) is 66.5 Å². The number of fused-ring (bicyclic) bond motifs is 1. The van der Waals surface area contributed by atoms with E-state index in [4.69, 9.17) is 0 Å². The zero-order valence-electron chi connectivity index (χ0n) is 14.8. The smallest absolute Gasteiger partial charge is 0.209 e. The first-order valence-electron chi connectivity index (χ1n) is 8.68. The highest BCUT2D eigenvalue weighted by Crippen LogP contribution is 2.19. The fraction of sp³-hybridized carbons (Fsp3) is 0.143. The molecule has 2 aromatic carbocycles. The third-order valence-electron chi connectivity index (χ3n) is 4.47. The number of nitrogens with one attached hydrogen (secondary N) is 1. The summed E-state index contributed by atoms with van der Waals surface area (Å²) in [4.78, 5) is 24.7. The molecule has 0 aliphatic heterocycles. The second-order valence-corrected chi connectivity index (χ2v) is 6.54. The number of Topliss-reactive ketones (excluding diaryl/α,β-unsaturated/α-hetero) is 1. The predicted octanol–water partition coefficient (Wildman–Crippen LogP) is 2.69. The largest absolute Gasteiger partial charge is 0.376 e. The Morgan fingerprint density at radius 3 is 2.52 bits per heavy atom. The van der Waals surface area contributed by atoms with E-state index in [0.717, 1.165) is 5.56 Å².